The van der Waals surface area contributed by atoms with Crippen molar-refractivity contribution in [1.29, 1.82) is 0 Å². The Hall–Kier alpha value is -3.03. The van der Waals surface area contributed by atoms with E-state index < -0.39 is 0 Å². The molecule has 0 amide bonds. The highest BCUT2D eigenvalue weighted by molar-refractivity contribution is 5.78. The first-order valence-electron chi connectivity index (χ1n) is 7.97. The Morgan fingerprint density at radius 1 is 1.24 bits per heavy atom. The highest BCUT2D eigenvalue weighted by Gasteiger charge is 2.24. The maximum Gasteiger partial charge on any atom is 0.312 e. The van der Waals surface area contributed by atoms with E-state index in [1.807, 2.05) is 55.8 Å². The molecule has 0 N–H and O–H groups in total. The Morgan fingerprint density at radius 3 is 2.64 bits per heavy atom. The lowest BCUT2D eigenvalue weighted by atomic mass is 9.99. The summed E-state index contributed by atoms with van der Waals surface area (Å²) in [6.07, 6.45) is 0. The molecule has 0 saturated heterocycles. The molecule has 0 bridgehead atoms. The normalized spacial score (nSPS) is 12.2. The van der Waals surface area contributed by atoms with E-state index in [-0.39, 0.29) is 11.9 Å². The minimum atomic E-state index is -0.371. The predicted molar refractivity (Wildman–Crippen MR) is 90.4 cm³/mol. The Bertz CT molecular complexity index is 884. The number of para-hydroxylation sites is 1. The smallest absolute Gasteiger partial charge is 0.312 e. The minimum Gasteiger partial charge on any atom is -0.469 e. The van der Waals surface area contributed by atoms with Crippen LogP contribution in [0.5, 0.6) is 0 Å². The van der Waals surface area contributed by atoms with E-state index >= 15 is 0 Å². The summed E-state index contributed by atoms with van der Waals surface area (Å²) in [5, 5.41) is 16.5. The number of methoxy groups -OCH3 is 1. The fraction of sp³-hybridized carbons (Fsp3) is 0.353. The molecule has 0 aliphatic carbocycles. The zero-order chi connectivity index (χ0) is 18.0. The van der Waals surface area contributed by atoms with Crippen LogP contribution in [-0.2, 0) is 16.1 Å². The van der Waals surface area contributed by atoms with Gasteiger partial charge in [0, 0.05) is 11.3 Å². The number of nitrogens with zero attached hydrogens (tertiary/aromatic N) is 6. The van der Waals surface area contributed by atoms with Gasteiger partial charge in [-0.1, -0.05) is 18.2 Å². The Balaban J connectivity index is 1.93. The maximum absolute atomic E-state index is 11.9. The molecule has 0 unspecified atom stereocenters. The molecule has 0 aliphatic rings. The first-order valence-corrected chi connectivity index (χ1v) is 7.97. The van der Waals surface area contributed by atoms with Crippen molar-refractivity contribution in [2.75, 3.05) is 7.11 Å². The van der Waals surface area contributed by atoms with Gasteiger partial charge in [-0.3, -0.25) is 9.48 Å². The van der Waals surface area contributed by atoms with Crippen LogP contribution in [0.15, 0.2) is 30.3 Å². The third-order valence-corrected chi connectivity index (χ3v) is 4.25. The average Bonchev–Trinajstić information content (AvgIpc) is 3.19. The van der Waals surface area contributed by atoms with E-state index in [4.69, 9.17) is 4.74 Å². The van der Waals surface area contributed by atoms with Crippen LogP contribution in [0, 0.1) is 13.8 Å². The highest BCUT2D eigenvalue weighted by atomic mass is 16.5. The number of carbonyl (C=O) groups is 1. The van der Waals surface area contributed by atoms with Gasteiger partial charge in [-0.2, -0.15) is 9.78 Å². The third-order valence-electron chi connectivity index (χ3n) is 4.25. The highest BCUT2D eigenvalue weighted by Crippen LogP contribution is 2.24. The molecule has 8 nitrogen and oxygen atoms in total. The number of hydrogen-bond donors (Lipinski definition) is 0. The van der Waals surface area contributed by atoms with E-state index in [0.717, 1.165) is 22.6 Å². The second kappa shape index (κ2) is 6.84. The second-order valence-electron chi connectivity index (χ2n) is 5.83. The molecule has 0 aliphatic heterocycles. The van der Waals surface area contributed by atoms with Crippen molar-refractivity contribution >= 4 is 5.97 Å². The molecule has 2 heterocycles. The van der Waals surface area contributed by atoms with Crippen LogP contribution in [0.25, 0.3) is 5.69 Å². The van der Waals surface area contributed by atoms with Gasteiger partial charge in [0.1, 0.15) is 6.54 Å². The maximum atomic E-state index is 11.9. The Kier molecular flexibility index (Phi) is 4.60. The molecule has 3 rings (SSSR count). The van der Waals surface area contributed by atoms with Crippen molar-refractivity contribution in [2.24, 2.45) is 0 Å². The number of benzene rings is 1. The van der Waals surface area contributed by atoms with Crippen molar-refractivity contribution in [3.63, 3.8) is 0 Å². The van der Waals surface area contributed by atoms with Gasteiger partial charge in [0.05, 0.1) is 24.4 Å². The number of carbonyl (C=O) groups excluding carboxylic acids is 1. The molecular weight excluding hydrogens is 320 g/mol. The quantitative estimate of drug-likeness (QED) is 0.658. The predicted octanol–water partition coefficient (Wildman–Crippen LogP) is 1.80. The van der Waals surface area contributed by atoms with Crippen molar-refractivity contribution < 1.29 is 9.53 Å². The summed E-state index contributed by atoms with van der Waals surface area (Å²) in [6, 6.07) is 9.67. The number of tetrazole rings is 1. The van der Waals surface area contributed by atoms with E-state index in [1.165, 1.54) is 7.11 Å². The summed E-state index contributed by atoms with van der Waals surface area (Å²) < 4.78 is 8.35. The van der Waals surface area contributed by atoms with Gasteiger partial charge in [-0.25, -0.2) is 0 Å². The molecule has 1 aromatic carbocycles. The van der Waals surface area contributed by atoms with E-state index in [2.05, 4.69) is 20.6 Å². The third kappa shape index (κ3) is 3.15. The topological polar surface area (TPSA) is 87.7 Å². The van der Waals surface area contributed by atoms with E-state index in [1.54, 1.807) is 4.68 Å². The molecule has 25 heavy (non-hydrogen) atoms. The zero-order valence-corrected chi connectivity index (χ0v) is 14.7. The van der Waals surface area contributed by atoms with Crippen LogP contribution in [0.1, 0.15) is 35.6 Å². The van der Waals surface area contributed by atoms with Gasteiger partial charge in [0.15, 0.2) is 5.82 Å². The number of aromatic nitrogens is 6. The molecule has 1 atom stereocenters. The number of rotatable bonds is 5. The zero-order valence-electron chi connectivity index (χ0n) is 14.7. The molecule has 0 radical (unpaired) electrons. The fourth-order valence-electron chi connectivity index (χ4n) is 2.99. The van der Waals surface area contributed by atoms with Crippen LogP contribution >= 0.6 is 0 Å². The van der Waals surface area contributed by atoms with Gasteiger partial charge in [0.2, 0.25) is 0 Å². The Morgan fingerprint density at radius 2 is 1.96 bits per heavy atom. The number of aryl methyl sites for hydroxylation is 1. The first kappa shape index (κ1) is 16.8. The average molecular weight is 340 g/mol. The van der Waals surface area contributed by atoms with Crippen LogP contribution in [-0.4, -0.2) is 43.1 Å². The molecule has 0 spiro atoms. The molecule has 0 fully saturated rings. The molecule has 130 valence electrons. The summed E-state index contributed by atoms with van der Waals surface area (Å²) in [4.78, 5) is 11.9. The summed E-state index contributed by atoms with van der Waals surface area (Å²) in [5.41, 5.74) is 3.46. The van der Waals surface area contributed by atoms with Gasteiger partial charge in [-0.15, -0.1) is 5.10 Å². The van der Waals surface area contributed by atoms with Crippen molar-refractivity contribution in [1.82, 2.24) is 30.0 Å². The van der Waals surface area contributed by atoms with Gasteiger partial charge in [0.25, 0.3) is 0 Å². The largest absolute Gasteiger partial charge is 0.469 e. The van der Waals surface area contributed by atoms with Crippen LogP contribution in [0.4, 0.5) is 0 Å². The van der Waals surface area contributed by atoms with Gasteiger partial charge >= 0.3 is 5.97 Å². The molecule has 3 aromatic rings. The van der Waals surface area contributed by atoms with Crippen LogP contribution < -0.4 is 0 Å². The number of hydrogen-bond acceptors (Lipinski definition) is 6. The van der Waals surface area contributed by atoms with Crippen LogP contribution in [0.3, 0.4) is 0 Å². The molecule has 0 saturated carbocycles. The summed E-state index contributed by atoms with van der Waals surface area (Å²) >= 11 is 0. The molecule has 2 aromatic heterocycles. The lowest BCUT2D eigenvalue weighted by molar-refractivity contribution is -0.142. The van der Waals surface area contributed by atoms with Gasteiger partial charge in [-0.05, 0) is 43.3 Å². The summed E-state index contributed by atoms with van der Waals surface area (Å²) in [6.45, 7) is 6.05. The van der Waals surface area contributed by atoms with E-state index in [9.17, 15) is 4.79 Å². The van der Waals surface area contributed by atoms with Crippen molar-refractivity contribution in [3.05, 3.63) is 53.1 Å². The second-order valence-corrected chi connectivity index (χ2v) is 5.83. The SMILES string of the molecule is COC(=O)[C@@H](C)c1c(C)nn(Cc2nnnn2-c2ccccc2)c1C. The van der Waals surface area contributed by atoms with Crippen LogP contribution in [0.2, 0.25) is 0 Å². The standard InChI is InChI=1S/C17H20N6O2/c1-11(17(24)25-4)16-12(2)19-22(13(16)3)10-15-18-20-21-23(15)14-8-6-5-7-9-14/h5-9,11H,10H2,1-4H3/t11-/m0/s1. The number of esters is 1. The fourth-order valence-corrected chi connectivity index (χ4v) is 2.99. The van der Waals surface area contributed by atoms with Crippen molar-refractivity contribution in [3.8, 4) is 5.69 Å². The minimum absolute atomic E-state index is 0.278. The lowest BCUT2D eigenvalue weighted by Crippen LogP contribution is -2.14. The Labute approximate surface area is 145 Å². The lowest BCUT2D eigenvalue weighted by Gasteiger charge is -2.10. The van der Waals surface area contributed by atoms with Gasteiger partial charge < -0.3 is 4.74 Å². The first-order chi connectivity index (χ1) is 12.0. The molecule has 8 heteroatoms. The number of ether oxygens (including phenoxy) is 1. The molecular formula is C17H20N6O2. The summed E-state index contributed by atoms with van der Waals surface area (Å²) in [7, 11) is 1.39. The van der Waals surface area contributed by atoms with Crippen molar-refractivity contribution in [2.45, 2.75) is 33.2 Å². The monoisotopic (exact) mass is 340 g/mol. The summed E-state index contributed by atoms with van der Waals surface area (Å²) in [5.74, 6) is 0.0119. The van der Waals surface area contributed by atoms with E-state index in [0.29, 0.717) is 12.4 Å².